The van der Waals surface area contributed by atoms with Crippen LogP contribution in [0.1, 0.15) is 37.1 Å². The molecule has 1 aromatic carbocycles. The molecule has 2 heterocycles. The Balaban J connectivity index is 2.10. The molecule has 3 rings (SSSR count). The van der Waals surface area contributed by atoms with Gasteiger partial charge < -0.3 is 14.6 Å². The molecule has 0 fully saturated rings. The Bertz CT molecular complexity index is 936. The summed E-state index contributed by atoms with van der Waals surface area (Å²) in [6.45, 7) is 2.89. The minimum absolute atomic E-state index is 0.135. The van der Waals surface area contributed by atoms with Crippen molar-refractivity contribution in [3.8, 4) is 5.75 Å². The fourth-order valence-electron chi connectivity index (χ4n) is 3.23. The van der Waals surface area contributed by atoms with Crippen molar-refractivity contribution >= 4 is 27.3 Å². The molecule has 1 aliphatic heterocycles. The van der Waals surface area contributed by atoms with Crippen molar-refractivity contribution < 1.29 is 17.9 Å². The van der Waals surface area contributed by atoms with Gasteiger partial charge in [-0.1, -0.05) is 6.92 Å². The van der Waals surface area contributed by atoms with Crippen molar-refractivity contribution in [2.24, 2.45) is 0 Å². The predicted molar refractivity (Wildman–Crippen MR) is 99.1 cm³/mol. The van der Waals surface area contributed by atoms with E-state index in [0.29, 0.717) is 11.4 Å². The molecule has 0 saturated carbocycles. The summed E-state index contributed by atoms with van der Waals surface area (Å²) >= 11 is 0. The van der Waals surface area contributed by atoms with Gasteiger partial charge in [-0.3, -0.25) is 9.52 Å². The van der Waals surface area contributed by atoms with E-state index in [-0.39, 0.29) is 23.9 Å². The van der Waals surface area contributed by atoms with E-state index in [2.05, 4.69) is 21.9 Å². The summed E-state index contributed by atoms with van der Waals surface area (Å²) in [4.78, 5) is 16.7. The number of fused-ring (bicyclic) bond motifs is 1. The zero-order valence-electron chi connectivity index (χ0n) is 14.9. The van der Waals surface area contributed by atoms with E-state index in [9.17, 15) is 13.2 Å². The molecule has 0 aliphatic carbocycles. The molecule has 2 aromatic rings. The number of carbonyl (C=O) groups is 1. The molecule has 1 unspecified atom stereocenters. The molecule has 140 valence electrons. The normalized spacial score (nSPS) is 16.7. The molecule has 9 heteroatoms. The van der Waals surface area contributed by atoms with E-state index in [1.54, 1.807) is 18.3 Å². The second-order valence-corrected chi connectivity index (χ2v) is 8.05. The lowest BCUT2D eigenvalue weighted by Crippen LogP contribution is -2.26. The average Bonchev–Trinajstić information content (AvgIpc) is 3.00. The number of aromatic nitrogens is 2. The molecule has 1 atom stereocenters. The number of aryl methyl sites for hydroxylation is 1. The number of amides is 1. The number of nitrogens with one attached hydrogen (secondary N) is 2. The van der Waals surface area contributed by atoms with Crippen LogP contribution >= 0.6 is 0 Å². The first-order chi connectivity index (χ1) is 12.3. The number of nitrogens with zero attached hydrogens (tertiary/aromatic N) is 2. The lowest BCUT2D eigenvalue weighted by atomic mass is 9.89. The molecule has 26 heavy (non-hydrogen) atoms. The largest absolute Gasteiger partial charge is 0.495 e. The molecule has 1 aliphatic rings. The Morgan fingerprint density at radius 2 is 2.19 bits per heavy atom. The van der Waals surface area contributed by atoms with Crippen molar-refractivity contribution in [2.45, 2.75) is 32.2 Å². The third kappa shape index (κ3) is 3.67. The second-order valence-electron chi connectivity index (χ2n) is 6.30. The Hall–Kier alpha value is -2.55. The van der Waals surface area contributed by atoms with Crippen LogP contribution in [0.25, 0.3) is 0 Å². The van der Waals surface area contributed by atoms with Crippen LogP contribution in [0.2, 0.25) is 0 Å². The van der Waals surface area contributed by atoms with Crippen LogP contribution in [0.15, 0.2) is 24.5 Å². The van der Waals surface area contributed by atoms with Gasteiger partial charge in [-0.2, -0.15) is 0 Å². The second kappa shape index (κ2) is 6.99. The fraction of sp³-hybridized carbons (Fsp3) is 0.412. The molecule has 2 N–H and O–H groups in total. The van der Waals surface area contributed by atoms with E-state index in [0.717, 1.165) is 30.6 Å². The first kappa shape index (κ1) is 18.2. The molecule has 0 saturated heterocycles. The smallest absolute Gasteiger partial charge is 0.229 e. The Kier molecular flexibility index (Phi) is 4.90. The number of hydrogen-bond acceptors (Lipinski definition) is 5. The van der Waals surface area contributed by atoms with Crippen LogP contribution in [0, 0.1) is 0 Å². The highest BCUT2D eigenvalue weighted by Gasteiger charge is 2.31. The van der Waals surface area contributed by atoms with Crippen LogP contribution in [-0.2, 0) is 21.4 Å². The van der Waals surface area contributed by atoms with E-state index >= 15 is 0 Å². The van der Waals surface area contributed by atoms with Gasteiger partial charge >= 0.3 is 0 Å². The highest BCUT2D eigenvalue weighted by molar-refractivity contribution is 7.92. The third-order valence-corrected chi connectivity index (χ3v) is 4.82. The van der Waals surface area contributed by atoms with Crippen LogP contribution in [-0.4, -0.2) is 37.2 Å². The van der Waals surface area contributed by atoms with Crippen molar-refractivity contribution in [3.05, 3.63) is 35.9 Å². The first-order valence-electron chi connectivity index (χ1n) is 8.33. The molecular weight excluding hydrogens is 356 g/mol. The number of sulfonamides is 1. The Morgan fingerprint density at radius 3 is 2.85 bits per heavy atom. The van der Waals surface area contributed by atoms with Gasteiger partial charge in [0.25, 0.3) is 0 Å². The molecule has 0 radical (unpaired) electrons. The van der Waals surface area contributed by atoms with Gasteiger partial charge in [0.2, 0.25) is 15.9 Å². The lowest BCUT2D eigenvalue weighted by molar-refractivity contribution is -0.116. The topological polar surface area (TPSA) is 102 Å². The first-order valence-corrected chi connectivity index (χ1v) is 10.2. The summed E-state index contributed by atoms with van der Waals surface area (Å²) in [6.07, 6.45) is 5.93. The molecule has 0 bridgehead atoms. The van der Waals surface area contributed by atoms with Gasteiger partial charge in [0.1, 0.15) is 11.6 Å². The standard InChI is InChI=1S/C17H22N4O4S/c1-4-6-21-7-5-18-17(21)12-9-16(22)19-13-10-14(20-26(3,23)24)15(25-2)8-11(12)13/h5,7-8,10,12,20H,4,6,9H2,1-3H3,(H,19,22). The van der Waals surface area contributed by atoms with E-state index < -0.39 is 10.0 Å². The van der Waals surface area contributed by atoms with Crippen LogP contribution in [0.4, 0.5) is 11.4 Å². The quantitative estimate of drug-likeness (QED) is 0.802. The molecule has 0 spiro atoms. The summed E-state index contributed by atoms with van der Waals surface area (Å²) in [5.74, 6) is 0.850. The maximum Gasteiger partial charge on any atom is 0.229 e. The van der Waals surface area contributed by atoms with Gasteiger partial charge in [0, 0.05) is 31.0 Å². The lowest BCUT2D eigenvalue weighted by Gasteiger charge is -2.27. The zero-order valence-corrected chi connectivity index (χ0v) is 15.8. The molecule has 8 nitrogen and oxygen atoms in total. The number of hydrogen-bond donors (Lipinski definition) is 2. The third-order valence-electron chi connectivity index (χ3n) is 4.23. The summed E-state index contributed by atoms with van der Waals surface area (Å²) < 4.78 is 33.0. The summed E-state index contributed by atoms with van der Waals surface area (Å²) in [7, 11) is -2.00. The molecule has 1 aromatic heterocycles. The number of methoxy groups -OCH3 is 1. The molecular formula is C17H22N4O4S. The highest BCUT2D eigenvalue weighted by atomic mass is 32.2. The van der Waals surface area contributed by atoms with Crippen molar-refractivity contribution in [2.75, 3.05) is 23.4 Å². The van der Waals surface area contributed by atoms with Gasteiger partial charge in [-0.25, -0.2) is 13.4 Å². The predicted octanol–water partition coefficient (Wildman–Crippen LogP) is 2.15. The minimum atomic E-state index is -3.48. The number of imidazole rings is 1. The maximum absolute atomic E-state index is 12.2. The van der Waals surface area contributed by atoms with Crippen LogP contribution in [0.3, 0.4) is 0 Å². The summed E-state index contributed by atoms with van der Waals surface area (Å²) in [5.41, 5.74) is 1.69. The maximum atomic E-state index is 12.2. The Labute approximate surface area is 152 Å². The van der Waals surface area contributed by atoms with Crippen molar-refractivity contribution in [1.29, 1.82) is 0 Å². The SMILES string of the molecule is CCCn1ccnc1C1CC(=O)Nc2cc(NS(C)(=O)=O)c(OC)cc21. The van der Waals surface area contributed by atoms with Crippen molar-refractivity contribution in [1.82, 2.24) is 9.55 Å². The number of anilines is 2. The number of carbonyl (C=O) groups excluding carboxylic acids is 1. The van der Waals surface area contributed by atoms with Crippen LogP contribution < -0.4 is 14.8 Å². The zero-order chi connectivity index (χ0) is 18.9. The monoisotopic (exact) mass is 378 g/mol. The van der Waals surface area contributed by atoms with Gasteiger partial charge in [0.15, 0.2) is 0 Å². The minimum Gasteiger partial charge on any atom is -0.495 e. The highest BCUT2D eigenvalue weighted by Crippen LogP contribution is 2.42. The van der Waals surface area contributed by atoms with Gasteiger partial charge in [-0.15, -0.1) is 0 Å². The van der Waals surface area contributed by atoms with Gasteiger partial charge in [0.05, 0.1) is 25.0 Å². The number of benzene rings is 1. The fourth-order valence-corrected chi connectivity index (χ4v) is 3.79. The molecule has 1 amide bonds. The van der Waals surface area contributed by atoms with Gasteiger partial charge in [-0.05, 0) is 24.1 Å². The van der Waals surface area contributed by atoms with E-state index in [4.69, 9.17) is 4.74 Å². The summed E-state index contributed by atoms with van der Waals surface area (Å²) in [5, 5.41) is 2.81. The number of rotatable bonds is 6. The van der Waals surface area contributed by atoms with Crippen LogP contribution in [0.5, 0.6) is 5.75 Å². The van der Waals surface area contributed by atoms with E-state index in [1.165, 1.54) is 7.11 Å². The Morgan fingerprint density at radius 1 is 1.42 bits per heavy atom. The summed E-state index contributed by atoms with van der Waals surface area (Å²) in [6, 6.07) is 3.35. The van der Waals surface area contributed by atoms with E-state index in [1.807, 2.05) is 10.8 Å². The average molecular weight is 378 g/mol. The van der Waals surface area contributed by atoms with Crippen molar-refractivity contribution in [3.63, 3.8) is 0 Å². The number of ether oxygens (including phenoxy) is 1.